The standard InChI is InChI=1S/C10H18N4/c1-2-14-7-12-6-10(14)9(5-11)13-8-3-4-8/h6-9,13H,2-5,11H2,1H3. The van der Waals surface area contributed by atoms with E-state index in [0.29, 0.717) is 12.6 Å². The number of rotatable bonds is 5. The Labute approximate surface area is 84.5 Å². The highest BCUT2D eigenvalue weighted by molar-refractivity contribution is 5.07. The van der Waals surface area contributed by atoms with Gasteiger partial charge in [0.1, 0.15) is 0 Å². The molecule has 1 heterocycles. The van der Waals surface area contributed by atoms with E-state index in [2.05, 4.69) is 21.8 Å². The van der Waals surface area contributed by atoms with Gasteiger partial charge < -0.3 is 15.6 Å². The van der Waals surface area contributed by atoms with Crippen LogP contribution in [0, 0.1) is 0 Å². The molecule has 1 aromatic heterocycles. The van der Waals surface area contributed by atoms with Gasteiger partial charge in [0.15, 0.2) is 0 Å². The average Bonchev–Trinajstić information content (AvgIpc) is 2.90. The minimum absolute atomic E-state index is 0.268. The van der Waals surface area contributed by atoms with E-state index in [1.807, 2.05) is 12.5 Å². The van der Waals surface area contributed by atoms with E-state index in [1.54, 1.807) is 0 Å². The minimum Gasteiger partial charge on any atom is -0.333 e. The van der Waals surface area contributed by atoms with E-state index in [-0.39, 0.29) is 6.04 Å². The largest absolute Gasteiger partial charge is 0.333 e. The smallest absolute Gasteiger partial charge is 0.0948 e. The van der Waals surface area contributed by atoms with Crippen molar-refractivity contribution in [2.75, 3.05) is 6.54 Å². The van der Waals surface area contributed by atoms with Gasteiger partial charge in [0, 0.05) is 25.3 Å². The van der Waals surface area contributed by atoms with Crippen LogP contribution in [0.4, 0.5) is 0 Å². The molecule has 3 N–H and O–H groups in total. The maximum absolute atomic E-state index is 5.76. The number of hydrogen-bond donors (Lipinski definition) is 2. The number of nitrogens with one attached hydrogen (secondary N) is 1. The summed E-state index contributed by atoms with van der Waals surface area (Å²) in [5, 5.41) is 3.53. The summed E-state index contributed by atoms with van der Waals surface area (Å²) in [6, 6.07) is 0.953. The van der Waals surface area contributed by atoms with E-state index in [9.17, 15) is 0 Å². The number of hydrogen-bond acceptors (Lipinski definition) is 3. The Morgan fingerprint density at radius 1 is 1.71 bits per heavy atom. The molecule has 1 atom stereocenters. The SMILES string of the molecule is CCn1cncc1C(CN)NC1CC1. The van der Waals surface area contributed by atoms with Gasteiger partial charge in [-0.25, -0.2) is 4.98 Å². The van der Waals surface area contributed by atoms with Crippen molar-refractivity contribution in [2.45, 2.75) is 38.4 Å². The molecule has 0 radical (unpaired) electrons. The van der Waals surface area contributed by atoms with Crippen LogP contribution in [0.3, 0.4) is 0 Å². The third kappa shape index (κ3) is 1.96. The molecular weight excluding hydrogens is 176 g/mol. The van der Waals surface area contributed by atoms with Crippen molar-refractivity contribution in [3.63, 3.8) is 0 Å². The van der Waals surface area contributed by atoms with Gasteiger partial charge in [-0.3, -0.25) is 0 Å². The van der Waals surface area contributed by atoms with Crippen LogP contribution >= 0.6 is 0 Å². The Morgan fingerprint density at radius 2 is 2.50 bits per heavy atom. The van der Waals surface area contributed by atoms with Crippen LogP contribution in [0.1, 0.15) is 31.5 Å². The molecule has 1 unspecified atom stereocenters. The molecule has 1 fully saturated rings. The quantitative estimate of drug-likeness (QED) is 0.724. The van der Waals surface area contributed by atoms with Crippen LogP contribution in [0.2, 0.25) is 0 Å². The Hall–Kier alpha value is -0.870. The van der Waals surface area contributed by atoms with Gasteiger partial charge in [-0.05, 0) is 19.8 Å². The Kier molecular flexibility index (Phi) is 2.84. The van der Waals surface area contributed by atoms with Crippen LogP contribution < -0.4 is 11.1 Å². The Morgan fingerprint density at radius 3 is 3.07 bits per heavy atom. The summed E-state index contributed by atoms with van der Waals surface area (Å²) in [6.07, 6.45) is 6.36. The molecule has 1 aliphatic carbocycles. The zero-order valence-electron chi connectivity index (χ0n) is 8.61. The second kappa shape index (κ2) is 4.11. The molecule has 4 heteroatoms. The first-order valence-electron chi connectivity index (χ1n) is 5.31. The minimum atomic E-state index is 0.268. The third-order valence-electron chi connectivity index (χ3n) is 2.69. The van der Waals surface area contributed by atoms with E-state index in [0.717, 1.165) is 6.54 Å². The normalized spacial score (nSPS) is 18.4. The van der Waals surface area contributed by atoms with Crippen molar-refractivity contribution >= 4 is 0 Å². The first-order valence-corrected chi connectivity index (χ1v) is 5.31. The predicted octanol–water partition coefficient (Wildman–Crippen LogP) is 0.655. The van der Waals surface area contributed by atoms with Crippen molar-refractivity contribution in [3.8, 4) is 0 Å². The number of aromatic nitrogens is 2. The van der Waals surface area contributed by atoms with Gasteiger partial charge in [0.25, 0.3) is 0 Å². The summed E-state index contributed by atoms with van der Waals surface area (Å²) in [7, 11) is 0. The average molecular weight is 194 g/mol. The third-order valence-corrected chi connectivity index (χ3v) is 2.69. The summed E-state index contributed by atoms with van der Waals surface area (Å²) in [5.74, 6) is 0. The van der Waals surface area contributed by atoms with Crippen molar-refractivity contribution in [1.29, 1.82) is 0 Å². The molecule has 0 saturated heterocycles. The Bertz CT molecular complexity index is 290. The molecule has 1 aromatic rings. The topological polar surface area (TPSA) is 55.9 Å². The first-order chi connectivity index (χ1) is 6.85. The second-order valence-corrected chi connectivity index (χ2v) is 3.83. The molecule has 14 heavy (non-hydrogen) atoms. The lowest BCUT2D eigenvalue weighted by Gasteiger charge is -2.17. The highest BCUT2D eigenvalue weighted by Gasteiger charge is 2.25. The van der Waals surface area contributed by atoms with Crippen LogP contribution in [-0.4, -0.2) is 22.1 Å². The molecule has 4 nitrogen and oxygen atoms in total. The van der Waals surface area contributed by atoms with Gasteiger partial charge >= 0.3 is 0 Å². The molecule has 2 rings (SSSR count). The van der Waals surface area contributed by atoms with Crippen molar-refractivity contribution in [1.82, 2.24) is 14.9 Å². The zero-order valence-corrected chi connectivity index (χ0v) is 8.61. The van der Waals surface area contributed by atoms with E-state index >= 15 is 0 Å². The number of aryl methyl sites for hydroxylation is 1. The number of nitrogens with zero attached hydrogens (tertiary/aromatic N) is 2. The fourth-order valence-corrected chi connectivity index (χ4v) is 1.69. The lowest BCUT2D eigenvalue weighted by Crippen LogP contribution is -2.31. The predicted molar refractivity (Wildman–Crippen MR) is 55.9 cm³/mol. The number of imidazole rings is 1. The fourth-order valence-electron chi connectivity index (χ4n) is 1.69. The van der Waals surface area contributed by atoms with E-state index in [1.165, 1.54) is 18.5 Å². The maximum atomic E-state index is 5.76. The summed E-state index contributed by atoms with van der Waals surface area (Å²) in [5.41, 5.74) is 6.97. The van der Waals surface area contributed by atoms with Crippen LogP contribution in [0.25, 0.3) is 0 Å². The first kappa shape index (κ1) is 9.68. The molecule has 1 saturated carbocycles. The highest BCUT2D eigenvalue weighted by atomic mass is 15.1. The summed E-state index contributed by atoms with van der Waals surface area (Å²) in [6.45, 7) is 3.72. The van der Waals surface area contributed by atoms with E-state index in [4.69, 9.17) is 5.73 Å². The van der Waals surface area contributed by atoms with Gasteiger partial charge in [-0.1, -0.05) is 0 Å². The molecular formula is C10H18N4. The van der Waals surface area contributed by atoms with Gasteiger partial charge in [0.2, 0.25) is 0 Å². The maximum Gasteiger partial charge on any atom is 0.0948 e. The summed E-state index contributed by atoms with van der Waals surface area (Å²) in [4.78, 5) is 4.16. The number of nitrogens with two attached hydrogens (primary N) is 1. The fraction of sp³-hybridized carbons (Fsp3) is 0.700. The molecule has 0 bridgehead atoms. The monoisotopic (exact) mass is 194 g/mol. The molecule has 0 aromatic carbocycles. The van der Waals surface area contributed by atoms with Gasteiger partial charge in [-0.2, -0.15) is 0 Å². The van der Waals surface area contributed by atoms with Crippen molar-refractivity contribution in [3.05, 3.63) is 18.2 Å². The zero-order chi connectivity index (χ0) is 9.97. The lowest BCUT2D eigenvalue weighted by atomic mass is 10.2. The van der Waals surface area contributed by atoms with Crippen LogP contribution in [0.15, 0.2) is 12.5 Å². The van der Waals surface area contributed by atoms with Crippen LogP contribution in [-0.2, 0) is 6.54 Å². The molecule has 0 spiro atoms. The summed E-state index contributed by atoms with van der Waals surface area (Å²) < 4.78 is 2.15. The van der Waals surface area contributed by atoms with Gasteiger partial charge in [-0.15, -0.1) is 0 Å². The summed E-state index contributed by atoms with van der Waals surface area (Å²) >= 11 is 0. The second-order valence-electron chi connectivity index (χ2n) is 3.83. The van der Waals surface area contributed by atoms with Crippen molar-refractivity contribution < 1.29 is 0 Å². The molecule has 78 valence electrons. The molecule has 0 amide bonds. The van der Waals surface area contributed by atoms with Crippen molar-refractivity contribution in [2.24, 2.45) is 5.73 Å². The highest BCUT2D eigenvalue weighted by Crippen LogP contribution is 2.23. The lowest BCUT2D eigenvalue weighted by molar-refractivity contribution is 0.503. The van der Waals surface area contributed by atoms with Crippen LogP contribution in [0.5, 0.6) is 0 Å². The van der Waals surface area contributed by atoms with Gasteiger partial charge in [0.05, 0.1) is 18.1 Å². The molecule has 0 aliphatic heterocycles. The Balaban J connectivity index is 2.08. The van der Waals surface area contributed by atoms with E-state index < -0.39 is 0 Å². The molecule has 1 aliphatic rings.